The van der Waals surface area contributed by atoms with E-state index in [2.05, 4.69) is 34.7 Å². The number of fused-ring (bicyclic) bond motifs is 1. The van der Waals surface area contributed by atoms with Crippen LogP contribution in [0, 0.1) is 11.7 Å². The maximum absolute atomic E-state index is 5.47. The standard InChI is InChI=1S/C17H18N2OS/c1-12-6-5-8-14-16(12)19(17(21)18-14)11-10-13-7-3-4-9-15(13)20-2/h3-9H,10-11H2,1-2H3,(H,18,21). The zero-order valence-electron chi connectivity index (χ0n) is 12.2. The highest BCUT2D eigenvalue weighted by Gasteiger charge is 2.08. The van der Waals surface area contributed by atoms with Crippen LogP contribution in [0.25, 0.3) is 11.0 Å². The Morgan fingerprint density at radius 3 is 2.76 bits per heavy atom. The van der Waals surface area contributed by atoms with E-state index >= 15 is 0 Å². The molecule has 1 N–H and O–H groups in total. The molecule has 0 fully saturated rings. The van der Waals surface area contributed by atoms with E-state index < -0.39 is 0 Å². The predicted octanol–water partition coefficient (Wildman–Crippen LogP) is 4.26. The first-order valence-electron chi connectivity index (χ1n) is 7.00. The average molecular weight is 298 g/mol. The van der Waals surface area contributed by atoms with Crippen LogP contribution in [-0.2, 0) is 13.0 Å². The fraction of sp³-hybridized carbons (Fsp3) is 0.235. The van der Waals surface area contributed by atoms with E-state index in [0.29, 0.717) is 0 Å². The van der Waals surface area contributed by atoms with Crippen molar-refractivity contribution in [3.8, 4) is 5.75 Å². The highest BCUT2D eigenvalue weighted by atomic mass is 32.1. The Labute approximate surface area is 129 Å². The van der Waals surface area contributed by atoms with Crippen LogP contribution >= 0.6 is 12.2 Å². The van der Waals surface area contributed by atoms with Gasteiger partial charge in [-0.15, -0.1) is 0 Å². The van der Waals surface area contributed by atoms with Crippen LogP contribution in [-0.4, -0.2) is 16.7 Å². The summed E-state index contributed by atoms with van der Waals surface area (Å²) in [7, 11) is 1.71. The second-order valence-corrected chi connectivity index (χ2v) is 5.50. The number of rotatable bonds is 4. The summed E-state index contributed by atoms with van der Waals surface area (Å²) in [5.74, 6) is 0.931. The van der Waals surface area contributed by atoms with E-state index in [1.165, 1.54) is 16.6 Å². The van der Waals surface area contributed by atoms with Crippen molar-refractivity contribution in [1.82, 2.24) is 9.55 Å². The number of hydrogen-bond acceptors (Lipinski definition) is 2. The molecule has 1 aromatic heterocycles. The zero-order valence-corrected chi connectivity index (χ0v) is 13.0. The smallest absolute Gasteiger partial charge is 0.178 e. The van der Waals surface area contributed by atoms with Crippen LogP contribution in [0.1, 0.15) is 11.1 Å². The third-order valence-electron chi connectivity index (χ3n) is 3.79. The molecule has 1 heterocycles. The summed E-state index contributed by atoms with van der Waals surface area (Å²) in [6.07, 6.45) is 0.888. The molecule has 4 heteroatoms. The Bertz CT molecular complexity index is 832. The summed E-state index contributed by atoms with van der Waals surface area (Å²) in [4.78, 5) is 3.28. The quantitative estimate of drug-likeness (QED) is 0.729. The van der Waals surface area contributed by atoms with Gasteiger partial charge in [0, 0.05) is 6.54 Å². The molecule has 3 rings (SSSR count). The number of methoxy groups -OCH3 is 1. The van der Waals surface area contributed by atoms with E-state index in [1.807, 2.05) is 24.3 Å². The van der Waals surface area contributed by atoms with Crippen molar-refractivity contribution >= 4 is 23.3 Å². The van der Waals surface area contributed by atoms with Crippen molar-refractivity contribution in [2.75, 3.05) is 7.11 Å². The summed E-state index contributed by atoms with van der Waals surface area (Å²) in [5, 5.41) is 0. The van der Waals surface area contributed by atoms with Gasteiger partial charge >= 0.3 is 0 Å². The van der Waals surface area contributed by atoms with Gasteiger partial charge in [0.2, 0.25) is 0 Å². The number of H-pyrrole nitrogens is 1. The molecule has 0 aliphatic heterocycles. The molecule has 0 spiro atoms. The Balaban J connectivity index is 1.96. The van der Waals surface area contributed by atoms with Gasteiger partial charge in [-0.25, -0.2) is 0 Å². The summed E-state index contributed by atoms with van der Waals surface area (Å²) < 4.78 is 8.36. The minimum absolute atomic E-state index is 0.772. The van der Waals surface area contributed by atoms with Gasteiger partial charge < -0.3 is 14.3 Å². The van der Waals surface area contributed by atoms with Gasteiger partial charge in [-0.1, -0.05) is 30.3 Å². The van der Waals surface area contributed by atoms with E-state index in [9.17, 15) is 0 Å². The summed E-state index contributed by atoms with van der Waals surface area (Å²) in [5.41, 5.74) is 4.72. The molecule has 108 valence electrons. The van der Waals surface area contributed by atoms with Gasteiger partial charge in [-0.3, -0.25) is 0 Å². The van der Waals surface area contributed by atoms with Crippen molar-refractivity contribution in [1.29, 1.82) is 0 Å². The topological polar surface area (TPSA) is 29.9 Å². The van der Waals surface area contributed by atoms with E-state index in [-0.39, 0.29) is 0 Å². The Morgan fingerprint density at radius 1 is 1.14 bits per heavy atom. The molecule has 0 saturated heterocycles. The first-order chi connectivity index (χ1) is 10.2. The van der Waals surface area contributed by atoms with E-state index in [4.69, 9.17) is 17.0 Å². The molecule has 0 aliphatic rings. The molecule has 0 amide bonds. The lowest BCUT2D eigenvalue weighted by Crippen LogP contribution is -2.03. The number of aryl methyl sites for hydroxylation is 3. The molecule has 0 unspecified atom stereocenters. The average Bonchev–Trinajstić information content (AvgIpc) is 2.82. The number of aromatic nitrogens is 2. The van der Waals surface area contributed by atoms with Gasteiger partial charge in [0.25, 0.3) is 0 Å². The highest BCUT2D eigenvalue weighted by Crippen LogP contribution is 2.21. The van der Waals surface area contributed by atoms with E-state index in [0.717, 1.165) is 29.0 Å². The largest absolute Gasteiger partial charge is 0.496 e. The maximum Gasteiger partial charge on any atom is 0.178 e. The molecule has 3 nitrogen and oxygen atoms in total. The second kappa shape index (κ2) is 5.74. The lowest BCUT2D eigenvalue weighted by atomic mass is 10.1. The van der Waals surface area contributed by atoms with Crippen molar-refractivity contribution < 1.29 is 4.74 Å². The fourth-order valence-corrected chi connectivity index (χ4v) is 3.05. The van der Waals surface area contributed by atoms with Crippen LogP contribution in [0.2, 0.25) is 0 Å². The lowest BCUT2D eigenvalue weighted by molar-refractivity contribution is 0.408. The van der Waals surface area contributed by atoms with Crippen LogP contribution in [0.15, 0.2) is 42.5 Å². The monoisotopic (exact) mass is 298 g/mol. The molecular weight excluding hydrogens is 280 g/mol. The first kappa shape index (κ1) is 13.9. The number of imidazole rings is 1. The third-order valence-corrected chi connectivity index (χ3v) is 4.11. The first-order valence-corrected chi connectivity index (χ1v) is 7.41. The Hall–Kier alpha value is -2.07. The van der Waals surface area contributed by atoms with Crippen LogP contribution in [0.3, 0.4) is 0 Å². The number of nitrogens with zero attached hydrogens (tertiary/aromatic N) is 1. The molecule has 0 bridgehead atoms. The summed E-state index contributed by atoms with van der Waals surface area (Å²) in [6.45, 7) is 2.95. The van der Waals surface area contributed by atoms with Gasteiger partial charge in [0.15, 0.2) is 4.77 Å². The van der Waals surface area contributed by atoms with Crippen LogP contribution < -0.4 is 4.74 Å². The van der Waals surface area contributed by atoms with Crippen LogP contribution in [0.4, 0.5) is 0 Å². The zero-order chi connectivity index (χ0) is 14.8. The second-order valence-electron chi connectivity index (χ2n) is 5.11. The highest BCUT2D eigenvalue weighted by molar-refractivity contribution is 7.71. The summed E-state index contributed by atoms with van der Waals surface area (Å²) in [6, 6.07) is 14.4. The number of nitrogens with one attached hydrogen (secondary N) is 1. The van der Waals surface area contributed by atoms with Crippen molar-refractivity contribution in [3.05, 3.63) is 58.4 Å². The van der Waals surface area contributed by atoms with Crippen molar-refractivity contribution in [2.45, 2.75) is 19.9 Å². The molecule has 0 aliphatic carbocycles. The van der Waals surface area contributed by atoms with Gasteiger partial charge in [-0.05, 0) is 48.8 Å². The SMILES string of the molecule is COc1ccccc1CCn1c(=S)[nH]c2cccc(C)c21. The van der Waals surface area contributed by atoms with Gasteiger partial charge in [0.1, 0.15) is 5.75 Å². The number of benzene rings is 2. The summed E-state index contributed by atoms with van der Waals surface area (Å²) >= 11 is 5.47. The number of ether oxygens (including phenoxy) is 1. The predicted molar refractivity (Wildman–Crippen MR) is 88.6 cm³/mol. The molecule has 0 radical (unpaired) electrons. The van der Waals surface area contributed by atoms with Gasteiger partial charge in [-0.2, -0.15) is 0 Å². The molecule has 3 aromatic rings. The maximum atomic E-state index is 5.47. The number of hydrogen-bond donors (Lipinski definition) is 1. The molecule has 0 saturated carbocycles. The van der Waals surface area contributed by atoms with Crippen LogP contribution in [0.5, 0.6) is 5.75 Å². The minimum Gasteiger partial charge on any atom is -0.496 e. The normalized spacial score (nSPS) is 11.0. The Morgan fingerprint density at radius 2 is 1.95 bits per heavy atom. The number of aromatic amines is 1. The van der Waals surface area contributed by atoms with Crippen molar-refractivity contribution in [2.24, 2.45) is 0 Å². The molecule has 21 heavy (non-hydrogen) atoms. The van der Waals surface area contributed by atoms with E-state index in [1.54, 1.807) is 7.11 Å². The molecule has 2 aromatic carbocycles. The van der Waals surface area contributed by atoms with Crippen molar-refractivity contribution in [3.63, 3.8) is 0 Å². The minimum atomic E-state index is 0.772. The number of para-hydroxylation sites is 2. The third kappa shape index (κ3) is 2.59. The molecular formula is C17H18N2OS. The Kier molecular flexibility index (Phi) is 3.80. The molecule has 0 atom stereocenters. The van der Waals surface area contributed by atoms with Gasteiger partial charge in [0.05, 0.1) is 18.1 Å². The fourth-order valence-electron chi connectivity index (χ4n) is 2.76. The lowest BCUT2D eigenvalue weighted by Gasteiger charge is -2.10.